The molecule has 0 radical (unpaired) electrons. The summed E-state index contributed by atoms with van der Waals surface area (Å²) in [5.41, 5.74) is 1.13. The quantitative estimate of drug-likeness (QED) is 0.846. The highest BCUT2D eigenvalue weighted by atomic mass is 35.5. The van der Waals surface area contributed by atoms with E-state index < -0.39 is 6.04 Å². The van der Waals surface area contributed by atoms with Crippen LogP contribution in [-0.2, 0) is 4.79 Å². The number of rotatable bonds is 3. The van der Waals surface area contributed by atoms with Gasteiger partial charge in [0.1, 0.15) is 11.8 Å². The van der Waals surface area contributed by atoms with Gasteiger partial charge in [0.25, 0.3) is 5.91 Å². The van der Waals surface area contributed by atoms with Crippen molar-refractivity contribution in [2.24, 2.45) is 0 Å². The molecule has 1 aliphatic heterocycles. The van der Waals surface area contributed by atoms with Crippen LogP contribution in [0.2, 0.25) is 5.02 Å². The number of piperazine rings is 1. The molecule has 1 saturated heterocycles. The van der Waals surface area contributed by atoms with Gasteiger partial charge in [-0.05, 0) is 31.2 Å². The first-order chi connectivity index (χ1) is 12.0. The van der Waals surface area contributed by atoms with Crippen LogP contribution in [0.25, 0.3) is 0 Å². The van der Waals surface area contributed by atoms with Crippen LogP contribution in [0, 0.1) is 0 Å². The molecule has 1 heterocycles. The second-order valence-corrected chi connectivity index (χ2v) is 6.22. The lowest BCUT2D eigenvalue weighted by Crippen LogP contribution is -2.57. The van der Waals surface area contributed by atoms with Crippen LogP contribution in [0.1, 0.15) is 17.3 Å². The third-order valence-corrected chi connectivity index (χ3v) is 4.73. The highest BCUT2D eigenvalue weighted by molar-refractivity contribution is 6.33. The normalized spacial score (nSPS) is 17.6. The summed E-state index contributed by atoms with van der Waals surface area (Å²) in [6, 6.07) is 13.7. The summed E-state index contributed by atoms with van der Waals surface area (Å²) in [6.45, 7) is 2.56. The minimum atomic E-state index is -0.581. The average molecular weight is 359 g/mol. The van der Waals surface area contributed by atoms with Crippen LogP contribution in [0.3, 0.4) is 0 Å². The Labute approximate surface area is 151 Å². The number of carbonyl (C=O) groups is 2. The topological polar surface area (TPSA) is 49.9 Å². The largest absolute Gasteiger partial charge is 0.495 e. The Morgan fingerprint density at radius 2 is 1.80 bits per heavy atom. The zero-order valence-electron chi connectivity index (χ0n) is 14.1. The number of para-hydroxylation sites is 2. The van der Waals surface area contributed by atoms with Gasteiger partial charge in [0.05, 0.1) is 23.4 Å². The smallest absolute Gasteiger partial charge is 0.256 e. The Hall–Kier alpha value is -2.53. The van der Waals surface area contributed by atoms with E-state index in [2.05, 4.69) is 0 Å². The van der Waals surface area contributed by atoms with Crippen LogP contribution in [0.15, 0.2) is 48.5 Å². The second-order valence-electron chi connectivity index (χ2n) is 5.82. The van der Waals surface area contributed by atoms with E-state index >= 15 is 0 Å². The summed E-state index contributed by atoms with van der Waals surface area (Å²) < 4.78 is 5.35. The van der Waals surface area contributed by atoms with Crippen molar-refractivity contribution in [2.75, 3.05) is 25.1 Å². The van der Waals surface area contributed by atoms with Crippen LogP contribution >= 0.6 is 11.6 Å². The molecule has 0 bridgehead atoms. The maximum Gasteiger partial charge on any atom is 0.256 e. The summed E-state index contributed by atoms with van der Waals surface area (Å²) >= 11 is 6.13. The van der Waals surface area contributed by atoms with Crippen molar-refractivity contribution in [1.29, 1.82) is 0 Å². The highest BCUT2D eigenvalue weighted by Crippen LogP contribution is 2.30. The van der Waals surface area contributed by atoms with Crippen molar-refractivity contribution in [3.05, 3.63) is 59.1 Å². The lowest BCUT2D eigenvalue weighted by Gasteiger charge is -2.39. The number of carbonyl (C=O) groups excluding carboxylic acids is 2. The molecule has 3 rings (SSSR count). The van der Waals surface area contributed by atoms with Gasteiger partial charge >= 0.3 is 0 Å². The van der Waals surface area contributed by atoms with Crippen molar-refractivity contribution >= 4 is 29.1 Å². The number of hydrogen-bond donors (Lipinski definition) is 0. The summed E-state index contributed by atoms with van der Waals surface area (Å²) in [7, 11) is 1.57. The molecular weight excluding hydrogens is 340 g/mol. The maximum absolute atomic E-state index is 12.9. The minimum absolute atomic E-state index is 0.142. The van der Waals surface area contributed by atoms with E-state index in [4.69, 9.17) is 16.3 Å². The molecule has 5 nitrogen and oxygen atoms in total. The first-order valence-corrected chi connectivity index (χ1v) is 8.42. The fourth-order valence-electron chi connectivity index (χ4n) is 3.03. The van der Waals surface area contributed by atoms with Gasteiger partial charge in [-0.1, -0.05) is 35.9 Å². The molecule has 2 aromatic carbocycles. The number of nitrogens with zero attached hydrogens (tertiary/aromatic N) is 2. The van der Waals surface area contributed by atoms with E-state index in [1.54, 1.807) is 48.1 Å². The van der Waals surface area contributed by atoms with Crippen molar-refractivity contribution in [2.45, 2.75) is 13.0 Å². The Morgan fingerprint density at radius 3 is 2.52 bits per heavy atom. The molecule has 6 heteroatoms. The number of hydrogen-bond acceptors (Lipinski definition) is 3. The Kier molecular flexibility index (Phi) is 4.95. The van der Waals surface area contributed by atoms with E-state index in [1.807, 2.05) is 24.3 Å². The molecule has 1 fully saturated rings. The molecule has 2 amide bonds. The van der Waals surface area contributed by atoms with Crippen molar-refractivity contribution in [3.63, 3.8) is 0 Å². The van der Waals surface area contributed by atoms with Gasteiger partial charge in [0, 0.05) is 13.1 Å². The van der Waals surface area contributed by atoms with Crippen LogP contribution in [0.4, 0.5) is 5.69 Å². The van der Waals surface area contributed by atoms with Gasteiger partial charge in [-0.15, -0.1) is 0 Å². The lowest BCUT2D eigenvalue weighted by atomic mass is 10.1. The van der Waals surface area contributed by atoms with E-state index in [-0.39, 0.29) is 11.8 Å². The van der Waals surface area contributed by atoms with Crippen molar-refractivity contribution in [1.82, 2.24) is 4.90 Å². The third-order valence-electron chi connectivity index (χ3n) is 4.40. The average Bonchev–Trinajstić information content (AvgIpc) is 2.64. The molecule has 130 valence electrons. The van der Waals surface area contributed by atoms with Crippen LogP contribution in [-0.4, -0.2) is 43.0 Å². The number of benzene rings is 2. The van der Waals surface area contributed by atoms with Crippen LogP contribution in [0.5, 0.6) is 5.75 Å². The fourth-order valence-corrected chi connectivity index (χ4v) is 3.25. The number of amides is 2. The van der Waals surface area contributed by atoms with E-state index in [9.17, 15) is 9.59 Å². The molecule has 0 aromatic heterocycles. The molecule has 0 aliphatic carbocycles. The molecule has 2 aromatic rings. The zero-order chi connectivity index (χ0) is 18.0. The first-order valence-electron chi connectivity index (χ1n) is 8.04. The Morgan fingerprint density at radius 1 is 1.12 bits per heavy atom. The second kappa shape index (κ2) is 7.15. The molecule has 1 aliphatic rings. The Bertz CT molecular complexity index is 809. The molecule has 0 spiro atoms. The van der Waals surface area contributed by atoms with Gasteiger partial charge in [0.15, 0.2) is 0 Å². The minimum Gasteiger partial charge on any atom is -0.495 e. The third kappa shape index (κ3) is 3.20. The maximum atomic E-state index is 12.9. The molecule has 25 heavy (non-hydrogen) atoms. The summed E-state index contributed by atoms with van der Waals surface area (Å²) in [6.07, 6.45) is 0. The first kappa shape index (κ1) is 17.3. The molecule has 1 atom stereocenters. The van der Waals surface area contributed by atoms with Gasteiger partial charge in [-0.2, -0.15) is 0 Å². The van der Waals surface area contributed by atoms with Gasteiger partial charge in [0.2, 0.25) is 5.91 Å². The zero-order valence-corrected chi connectivity index (χ0v) is 14.9. The summed E-state index contributed by atoms with van der Waals surface area (Å²) in [4.78, 5) is 28.9. The standard InChI is InChI=1S/C19H19ClN2O3/c1-13-18(23)22(16-9-5-6-10-17(16)25-2)12-11-21(13)19(24)14-7-3-4-8-15(14)20/h3-10,13H,11-12H2,1-2H3. The van der Waals surface area contributed by atoms with Gasteiger partial charge in [-0.25, -0.2) is 0 Å². The van der Waals surface area contributed by atoms with Crippen molar-refractivity contribution in [3.8, 4) is 5.75 Å². The number of anilines is 1. The van der Waals surface area contributed by atoms with E-state index in [0.717, 1.165) is 0 Å². The highest BCUT2D eigenvalue weighted by Gasteiger charge is 2.36. The molecule has 0 saturated carbocycles. The SMILES string of the molecule is COc1ccccc1N1CCN(C(=O)c2ccccc2Cl)C(C)C1=O. The fraction of sp³-hybridized carbons (Fsp3) is 0.263. The van der Waals surface area contributed by atoms with E-state index in [1.165, 1.54) is 0 Å². The van der Waals surface area contributed by atoms with Gasteiger partial charge < -0.3 is 14.5 Å². The number of methoxy groups -OCH3 is 1. The predicted octanol–water partition coefficient (Wildman–Crippen LogP) is 3.23. The summed E-state index contributed by atoms with van der Waals surface area (Å²) in [5.74, 6) is 0.260. The van der Waals surface area contributed by atoms with E-state index in [0.29, 0.717) is 35.1 Å². The molecule has 0 N–H and O–H groups in total. The number of ether oxygens (including phenoxy) is 1. The lowest BCUT2D eigenvalue weighted by molar-refractivity contribution is -0.124. The van der Waals surface area contributed by atoms with Crippen LogP contribution < -0.4 is 9.64 Å². The molecule has 1 unspecified atom stereocenters. The molecular formula is C19H19ClN2O3. The summed E-state index contributed by atoms with van der Waals surface area (Å²) in [5, 5.41) is 0.388. The van der Waals surface area contributed by atoms with Gasteiger partial charge in [-0.3, -0.25) is 9.59 Å². The monoisotopic (exact) mass is 358 g/mol. The predicted molar refractivity (Wildman–Crippen MR) is 97.3 cm³/mol. The van der Waals surface area contributed by atoms with Crippen molar-refractivity contribution < 1.29 is 14.3 Å². The number of halogens is 1. The Balaban J connectivity index is 1.85.